The number of nitrogens with one attached hydrogen (secondary N) is 2. The van der Waals surface area contributed by atoms with E-state index < -0.39 is 10.0 Å². The molecule has 0 saturated heterocycles. The molecule has 2 heterocycles. The first-order valence-corrected chi connectivity index (χ1v) is 9.01. The van der Waals surface area contributed by atoms with Crippen LogP contribution in [0.25, 0.3) is 21.8 Å². The van der Waals surface area contributed by atoms with Crippen LogP contribution in [-0.2, 0) is 16.6 Å². The zero-order valence-electron chi connectivity index (χ0n) is 12.7. The van der Waals surface area contributed by atoms with Gasteiger partial charge in [-0.2, -0.15) is 0 Å². The number of benzene rings is 2. The molecule has 0 aliphatic carbocycles. The summed E-state index contributed by atoms with van der Waals surface area (Å²) in [6.07, 6.45) is 3.46. The summed E-state index contributed by atoms with van der Waals surface area (Å²) < 4.78 is 28.0. The molecule has 6 heteroatoms. The van der Waals surface area contributed by atoms with Crippen LogP contribution in [0.1, 0.15) is 5.56 Å². The lowest BCUT2D eigenvalue weighted by atomic mass is 10.1. The third-order valence-electron chi connectivity index (χ3n) is 3.97. The van der Waals surface area contributed by atoms with Gasteiger partial charge in [-0.1, -0.05) is 24.3 Å². The van der Waals surface area contributed by atoms with Crippen LogP contribution in [0.5, 0.6) is 0 Å². The summed E-state index contributed by atoms with van der Waals surface area (Å²) >= 11 is 0. The number of H-pyrrole nitrogens is 1. The number of pyridine rings is 1. The molecule has 0 bridgehead atoms. The van der Waals surface area contributed by atoms with Gasteiger partial charge in [0.05, 0.1) is 5.52 Å². The third-order valence-corrected chi connectivity index (χ3v) is 5.40. The summed E-state index contributed by atoms with van der Waals surface area (Å²) in [5, 5.41) is 1.85. The second-order valence-corrected chi connectivity index (χ2v) is 7.29. The average molecular weight is 337 g/mol. The summed E-state index contributed by atoms with van der Waals surface area (Å²) in [6.45, 7) is 0.229. The summed E-state index contributed by atoms with van der Waals surface area (Å²) in [4.78, 5) is 7.53. The van der Waals surface area contributed by atoms with Gasteiger partial charge < -0.3 is 4.98 Å². The van der Waals surface area contributed by atoms with Crippen LogP contribution in [0.4, 0.5) is 0 Å². The van der Waals surface area contributed by atoms with Gasteiger partial charge >= 0.3 is 0 Å². The summed E-state index contributed by atoms with van der Waals surface area (Å²) in [6, 6.07) is 16.6. The molecule has 4 aromatic rings. The Bertz CT molecular complexity index is 1130. The predicted octanol–water partition coefficient (Wildman–Crippen LogP) is 3.19. The minimum atomic E-state index is -3.65. The Morgan fingerprint density at radius 3 is 2.79 bits per heavy atom. The predicted molar refractivity (Wildman–Crippen MR) is 94.1 cm³/mol. The number of para-hydroxylation sites is 1. The number of rotatable bonds is 4. The molecule has 5 nitrogen and oxygen atoms in total. The molecule has 0 fully saturated rings. The molecule has 0 spiro atoms. The van der Waals surface area contributed by atoms with Crippen LogP contribution in [0.3, 0.4) is 0 Å². The number of nitrogens with zero attached hydrogens (tertiary/aromatic N) is 1. The van der Waals surface area contributed by atoms with Crippen molar-refractivity contribution in [2.24, 2.45) is 0 Å². The number of hydrogen-bond donors (Lipinski definition) is 2. The number of sulfonamides is 1. The number of aromatic amines is 1. The van der Waals surface area contributed by atoms with Gasteiger partial charge in [-0.25, -0.2) is 13.1 Å². The van der Waals surface area contributed by atoms with E-state index in [0.717, 1.165) is 21.9 Å². The molecule has 4 rings (SSSR count). The molecule has 120 valence electrons. The standard InChI is InChI=1S/C18H15N3O2S/c22-24(23,17-5-1-3-14-4-2-9-20-18(14)17)21-12-13-6-7-16-15(11-13)8-10-19-16/h1-11,19,21H,12H2. The maximum atomic E-state index is 12.7. The maximum absolute atomic E-state index is 12.7. The van der Waals surface area contributed by atoms with Gasteiger partial charge in [0.15, 0.2) is 0 Å². The maximum Gasteiger partial charge on any atom is 0.243 e. The monoisotopic (exact) mass is 337 g/mol. The molecule has 0 aliphatic heterocycles. The van der Waals surface area contributed by atoms with Crippen LogP contribution in [0, 0.1) is 0 Å². The van der Waals surface area contributed by atoms with E-state index in [-0.39, 0.29) is 11.4 Å². The van der Waals surface area contributed by atoms with E-state index in [9.17, 15) is 8.42 Å². The lowest BCUT2D eigenvalue weighted by Gasteiger charge is -2.09. The summed E-state index contributed by atoms with van der Waals surface area (Å²) in [5.74, 6) is 0. The number of hydrogen-bond acceptors (Lipinski definition) is 3. The van der Waals surface area contributed by atoms with Crippen LogP contribution in [-0.4, -0.2) is 18.4 Å². The molecule has 24 heavy (non-hydrogen) atoms. The van der Waals surface area contributed by atoms with Gasteiger partial charge in [0.25, 0.3) is 0 Å². The lowest BCUT2D eigenvalue weighted by Crippen LogP contribution is -2.23. The van der Waals surface area contributed by atoms with E-state index in [1.807, 2.05) is 42.6 Å². The molecule has 2 aromatic carbocycles. The quantitative estimate of drug-likeness (QED) is 0.600. The van der Waals surface area contributed by atoms with E-state index in [2.05, 4.69) is 14.7 Å². The number of fused-ring (bicyclic) bond motifs is 2. The number of aromatic nitrogens is 2. The second-order valence-electron chi connectivity index (χ2n) is 5.56. The van der Waals surface area contributed by atoms with Crippen molar-refractivity contribution in [2.45, 2.75) is 11.4 Å². The normalized spacial score (nSPS) is 12.0. The molecule has 0 radical (unpaired) electrons. The van der Waals surface area contributed by atoms with Gasteiger partial charge in [-0.05, 0) is 41.3 Å². The molecule has 2 N–H and O–H groups in total. The van der Waals surface area contributed by atoms with E-state index in [1.54, 1.807) is 24.4 Å². The Morgan fingerprint density at radius 2 is 1.88 bits per heavy atom. The van der Waals surface area contributed by atoms with Crippen LogP contribution in [0.15, 0.2) is 71.9 Å². The van der Waals surface area contributed by atoms with Gasteiger partial charge in [0.1, 0.15) is 4.90 Å². The highest BCUT2D eigenvalue weighted by molar-refractivity contribution is 7.89. The smallest absolute Gasteiger partial charge is 0.243 e. The molecular formula is C18H15N3O2S. The van der Waals surface area contributed by atoms with Gasteiger partial charge in [0.2, 0.25) is 10.0 Å². The molecule has 0 atom stereocenters. The van der Waals surface area contributed by atoms with Crippen LogP contribution >= 0.6 is 0 Å². The molecule has 0 saturated carbocycles. The first kappa shape index (κ1) is 14.9. The third kappa shape index (κ3) is 2.66. The summed E-state index contributed by atoms with van der Waals surface area (Å²) in [5.41, 5.74) is 2.41. The Kier molecular flexibility index (Phi) is 3.55. The van der Waals surface area contributed by atoms with Crippen molar-refractivity contribution >= 4 is 31.8 Å². The first-order valence-electron chi connectivity index (χ1n) is 7.53. The Balaban J connectivity index is 1.65. The molecule has 2 aromatic heterocycles. The molecule has 0 unspecified atom stereocenters. The zero-order chi connectivity index (χ0) is 16.6. The van der Waals surface area contributed by atoms with Crippen molar-refractivity contribution in [3.8, 4) is 0 Å². The lowest BCUT2D eigenvalue weighted by molar-refractivity contribution is 0.582. The fourth-order valence-corrected chi connectivity index (χ4v) is 3.96. The van der Waals surface area contributed by atoms with Crippen molar-refractivity contribution in [3.63, 3.8) is 0 Å². The SMILES string of the molecule is O=S(=O)(NCc1ccc2[nH]ccc2c1)c1cccc2cccnc12. The van der Waals surface area contributed by atoms with Gasteiger partial charge in [0, 0.05) is 29.8 Å². The molecule has 0 aliphatic rings. The van der Waals surface area contributed by atoms with Crippen molar-refractivity contribution < 1.29 is 8.42 Å². The minimum Gasteiger partial charge on any atom is -0.361 e. The topological polar surface area (TPSA) is 74.8 Å². The van der Waals surface area contributed by atoms with Crippen molar-refractivity contribution in [1.29, 1.82) is 0 Å². The second kappa shape index (κ2) is 5.74. The van der Waals surface area contributed by atoms with E-state index in [1.165, 1.54) is 0 Å². The van der Waals surface area contributed by atoms with Crippen molar-refractivity contribution in [3.05, 3.63) is 72.6 Å². The Labute approximate surface area is 139 Å². The minimum absolute atomic E-state index is 0.198. The van der Waals surface area contributed by atoms with Crippen LogP contribution in [0.2, 0.25) is 0 Å². The van der Waals surface area contributed by atoms with Gasteiger partial charge in [-0.15, -0.1) is 0 Å². The van der Waals surface area contributed by atoms with E-state index >= 15 is 0 Å². The average Bonchev–Trinajstić information content (AvgIpc) is 3.07. The summed E-state index contributed by atoms with van der Waals surface area (Å²) in [7, 11) is -3.65. The fourth-order valence-electron chi connectivity index (χ4n) is 2.76. The largest absolute Gasteiger partial charge is 0.361 e. The van der Waals surface area contributed by atoms with Crippen molar-refractivity contribution in [2.75, 3.05) is 0 Å². The molecule has 0 amide bonds. The first-order chi connectivity index (χ1) is 11.6. The van der Waals surface area contributed by atoms with Crippen LogP contribution < -0.4 is 4.72 Å². The highest BCUT2D eigenvalue weighted by Crippen LogP contribution is 2.21. The van der Waals surface area contributed by atoms with E-state index in [4.69, 9.17) is 0 Å². The fraction of sp³-hybridized carbons (Fsp3) is 0.0556. The Morgan fingerprint density at radius 1 is 1.00 bits per heavy atom. The Hall–Kier alpha value is -2.70. The molecular weight excluding hydrogens is 322 g/mol. The highest BCUT2D eigenvalue weighted by atomic mass is 32.2. The van der Waals surface area contributed by atoms with Crippen molar-refractivity contribution in [1.82, 2.24) is 14.7 Å². The van der Waals surface area contributed by atoms with E-state index in [0.29, 0.717) is 5.52 Å². The zero-order valence-corrected chi connectivity index (χ0v) is 13.5. The van der Waals surface area contributed by atoms with Gasteiger partial charge in [-0.3, -0.25) is 4.98 Å². The highest BCUT2D eigenvalue weighted by Gasteiger charge is 2.17.